The van der Waals surface area contributed by atoms with Crippen LogP contribution in [0.3, 0.4) is 0 Å². The van der Waals surface area contributed by atoms with Gasteiger partial charge in [0.1, 0.15) is 0 Å². The lowest BCUT2D eigenvalue weighted by molar-refractivity contribution is -0.140. The van der Waals surface area contributed by atoms with Crippen LogP contribution >= 0.6 is 0 Å². The summed E-state index contributed by atoms with van der Waals surface area (Å²) in [6.45, 7) is 6.78. The van der Waals surface area contributed by atoms with Gasteiger partial charge in [0.15, 0.2) is 0 Å². The van der Waals surface area contributed by atoms with E-state index in [1.54, 1.807) is 0 Å². The summed E-state index contributed by atoms with van der Waals surface area (Å²) >= 11 is 0. The third-order valence-electron chi connectivity index (χ3n) is 4.56. The lowest BCUT2D eigenvalue weighted by Crippen LogP contribution is -2.41. The molecule has 3 heteroatoms. The molecule has 2 rings (SSSR count). The van der Waals surface area contributed by atoms with Crippen LogP contribution < -0.4 is 5.73 Å². The fraction of sp³-hybridized carbons (Fsp3) is 0.923. The number of hydrogen-bond donors (Lipinski definition) is 1. The number of hydrogen-bond acceptors (Lipinski definition) is 2. The van der Waals surface area contributed by atoms with E-state index in [4.69, 9.17) is 5.73 Å². The molecular weight excluding hydrogens is 200 g/mol. The normalized spacial score (nSPS) is 33.3. The summed E-state index contributed by atoms with van der Waals surface area (Å²) in [5, 5.41) is 0. The van der Waals surface area contributed by atoms with Crippen LogP contribution in [-0.4, -0.2) is 30.4 Å². The van der Waals surface area contributed by atoms with Crippen LogP contribution in [-0.2, 0) is 4.79 Å². The van der Waals surface area contributed by atoms with Crippen LogP contribution in [0.25, 0.3) is 0 Å². The van der Waals surface area contributed by atoms with Gasteiger partial charge < -0.3 is 10.6 Å². The van der Waals surface area contributed by atoms with Crippen LogP contribution in [0, 0.1) is 10.8 Å². The van der Waals surface area contributed by atoms with Crippen molar-refractivity contribution in [1.82, 2.24) is 4.90 Å². The van der Waals surface area contributed by atoms with E-state index in [2.05, 4.69) is 18.7 Å². The maximum Gasteiger partial charge on any atom is 0.228 e. The van der Waals surface area contributed by atoms with Gasteiger partial charge in [0.2, 0.25) is 5.91 Å². The van der Waals surface area contributed by atoms with Gasteiger partial charge in [0.25, 0.3) is 0 Å². The van der Waals surface area contributed by atoms with E-state index in [1.165, 1.54) is 12.8 Å². The Morgan fingerprint density at radius 1 is 1.25 bits per heavy atom. The molecule has 0 aromatic heterocycles. The first-order valence-corrected chi connectivity index (χ1v) is 6.49. The molecule has 1 saturated carbocycles. The molecular formula is C13H24N2O. The average molecular weight is 224 g/mol. The molecule has 1 aliphatic heterocycles. The second-order valence-corrected chi connectivity index (χ2v) is 6.26. The van der Waals surface area contributed by atoms with Gasteiger partial charge in [0.05, 0.1) is 0 Å². The van der Waals surface area contributed by atoms with Crippen molar-refractivity contribution in [3.05, 3.63) is 0 Å². The van der Waals surface area contributed by atoms with Crippen LogP contribution in [0.5, 0.6) is 0 Å². The highest BCUT2D eigenvalue weighted by Gasteiger charge is 2.43. The molecule has 0 bridgehead atoms. The molecule has 2 aliphatic rings. The third kappa shape index (κ3) is 1.97. The van der Waals surface area contributed by atoms with Crippen molar-refractivity contribution < 1.29 is 4.79 Å². The molecule has 1 atom stereocenters. The van der Waals surface area contributed by atoms with E-state index >= 15 is 0 Å². The minimum absolute atomic E-state index is 0.0696. The number of rotatable bonds is 2. The SMILES string of the molecule is CC1(CN)CCN(C(=O)C2(C)CCCC2)C1. The lowest BCUT2D eigenvalue weighted by Gasteiger charge is -2.30. The predicted octanol–water partition coefficient (Wildman–Crippen LogP) is 1.76. The molecule has 0 aromatic rings. The largest absolute Gasteiger partial charge is 0.342 e. The highest BCUT2D eigenvalue weighted by molar-refractivity contribution is 5.83. The van der Waals surface area contributed by atoms with Gasteiger partial charge in [-0.15, -0.1) is 0 Å². The van der Waals surface area contributed by atoms with Crippen LogP contribution in [0.15, 0.2) is 0 Å². The molecule has 1 aliphatic carbocycles. The second kappa shape index (κ2) is 4.02. The van der Waals surface area contributed by atoms with Crippen LogP contribution in [0.1, 0.15) is 46.0 Å². The molecule has 2 fully saturated rings. The Labute approximate surface area is 98.4 Å². The van der Waals surface area contributed by atoms with Gasteiger partial charge in [0, 0.05) is 18.5 Å². The van der Waals surface area contributed by atoms with E-state index < -0.39 is 0 Å². The molecule has 1 amide bonds. The maximum absolute atomic E-state index is 12.5. The number of nitrogens with two attached hydrogens (primary N) is 1. The summed E-state index contributed by atoms with van der Waals surface area (Å²) in [4.78, 5) is 14.5. The van der Waals surface area contributed by atoms with Crippen LogP contribution in [0.4, 0.5) is 0 Å². The van der Waals surface area contributed by atoms with E-state index in [0.29, 0.717) is 12.5 Å². The van der Waals surface area contributed by atoms with Gasteiger partial charge >= 0.3 is 0 Å². The summed E-state index contributed by atoms with van der Waals surface area (Å²) in [6, 6.07) is 0. The van der Waals surface area contributed by atoms with Crippen molar-refractivity contribution in [2.75, 3.05) is 19.6 Å². The molecule has 1 heterocycles. The zero-order valence-electron chi connectivity index (χ0n) is 10.6. The third-order valence-corrected chi connectivity index (χ3v) is 4.56. The Morgan fingerprint density at radius 3 is 2.38 bits per heavy atom. The Balaban J connectivity index is 2.02. The Bertz CT molecular complexity index is 284. The molecule has 92 valence electrons. The number of nitrogens with zero attached hydrogens (tertiary/aromatic N) is 1. The number of likely N-dealkylation sites (tertiary alicyclic amines) is 1. The molecule has 2 N–H and O–H groups in total. The summed E-state index contributed by atoms with van der Waals surface area (Å²) < 4.78 is 0. The maximum atomic E-state index is 12.5. The fourth-order valence-electron chi connectivity index (χ4n) is 3.11. The number of carbonyl (C=O) groups is 1. The predicted molar refractivity (Wildman–Crippen MR) is 64.9 cm³/mol. The van der Waals surface area contributed by atoms with E-state index in [9.17, 15) is 4.79 Å². The molecule has 1 saturated heterocycles. The summed E-state index contributed by atoms with van der Waals surface area (Å²) in [7, 11) is 0. The highest BCUT2D eigenvalue weighted by atomic mass is 16.2. The lowest BCUT2D eigenvalue weighted by atomic mass is 9.86. The molecule has 16 heavy (non-hydrogen) atoms. The molecule has 3 nitrogen and oxygen atoms in total. The quantitative estimate of drug-likeness (QED) is 0.777. The minimum atomic E-state index is -0.0696. The second-order valence-electron chi connectivity index (χ2n) is 6.26. The van der Waals surface area contributed by atoms with Gasteiger partial charge in [-0.05, 0) is 31.2 Å². The van der Waals surface area contributed by atoms with Gasteiger partial charge in [-0.3, -0.25) is 4.79 Å². The standard InChI is InChI=1S/C13H24N2O/c1-12(9-14)7-8-15(10-12)11(16)13(2)5-3-4-6-13/h3-10,14H2,1-2H3. The summed E-state index contributed by atoms with van der Waals surface area (Å²) in [5.41, 5.74) is 5.87. The minimum Gasteiger partial charge on any atom is -0.342 e. The first-order chi connectivity index (χ1) is 7.49. The zero-order chi connectivity index (χ0) is 11.8. The summed E-state index contributed by atoms with van der Waals surface area (Å²) in [5.74, 6) is 0.377. The Morgan fingerprint density at radius 2 is 1.88 bits per heavy atom. The van der Waals surface area contributed by atoms with Crippen molar-refractivity contribution in [3.63, 3.8) is 0 Å². The van der Waals surface area contributed by atoms with Crippen molar-refractivity contribution in [3.8, 4) is 0 Å². The van der Waals surface area contributed by atoms with Gasteiger partial charge in [-0.25, -0.2) is 0 Å². The van der Waals surface area contributed by atoms with Gasteiger partial charge in [-0.1, -0.05) is 26.7 Å². The number of carbonyl (C=O) groups excluding carboxylic acids is 1. The smallest absolute Gasteiger partial charge is 0.228 e. The topological polar surface area (TPSA) is 46.3 Å². The first-order valence-electron chi connectivity index (χ1n) is 6.49. The van der Waals surface area contributed by atoms with Crippen molar-refractivity contribution >= 4 is 5.91 Å². The fourth-order valence-corrected chi connectivity index (χ4v) is 3.11. The van der Waals surface area contributed by atoms with Crippen molar-refractivity contribution in [1.29, 1.82) is 0 Å². The zero-order valence-corrected chi connectivity index (χ0v) is 10.6. The first kappa shape index (κ1) is 11.9. The molecule has 0 radical (unpaired) electrons. The number of amides is 1. The summed E-state index contributed by atoms with van der Waals surface area (Å²) in [6.07, 6.45) is 5.63. The molecule has 1 unspecified atom stereocenters. The van der Waals surface area contributed by atoms with E-state index in [-0.39, 0.29) is 10.8 Å². The highest BCUT2D eigenvalue weighted by Crippen LogP contribution is 2.41. The van der Waals surface area contributed by atoms with Gasteiger partial charge in [-0.2, -0.15) is 0 Å². The Kier molecular flexibility index (Phi) is 2.99. The average Bonchev–Trinajstić information content (AvgIpc) is 2.86. The Hall–Kier alpha value is -0.570. The van der Waals surface area contributed by atoms with Crippen LogP contribution in [0.2, 0.25) is 0 Å². The molecule has 0 spiro atoms. The molecule has 0 aromatic carbocycles. The monoisotopic (exact) mass is 224 g/mol. The van der Waals surface area contributed by atoms with E-state index in [1.807, 2.05) is 0 Å². The van der Waals surface area contributed by atoms with E-state index in [0.717, 1.165) is 32.4 Å². The van der Waals surface area contributed by atoms with Crippen molar-refractivity contribution in [2.24, 2.45) is 16.6 Å². The van der Waals surface area contributed by atoms with Crippen molar-refractivity contribution in [2.45, 2.75) is 46.0 Å².